The van der Waals surface area contributed by atoms with Gasteiger partial charge in [0, 0.05) is 30.9 Å². The molecule has 1 aromatic heterocycles. The SMILES string of the molecule is CC[NH+](CC)CCCN1C(=O)C(=O)C(=C(O)c2ccc(C)cc2)[C@@H]1c1ccncc1. The number of aliphatic hydroxyl groups is 1. The van der Waals surface area contributed by atoms with Crippen LogP contribution < -0.4 is 4.90 Å². The van der Waals surface area contributed by atoms with E-state index in [2.05, 4.69) is 18.8 Å². The lowest BCUT2D eigenvalue weighted by atomic mass is 9.95. The normalized spacial score (nSPS) is 18.4. The van der Waals surface area contributed by atoms with Crippen molar-refractivity contribution in [3.63, 3.8) is 0 Å². The van der Waals surface area contributed by atoms with E-state index >= 15 is 0 Å². The number of nitrogens with zero attached hydrogens (tertiary/aromatic N) is 2. The van der Waals surface area contributed by atoms with Gasteiger partial charge < -0.3 is 14.9 Å². The molecule has 2 heterocycles. The Bertz CT molecular complexity index is 918. The van der Waals surface area contributed by atoms with Crippen LogP contribution >= 0.6 is 0 Å². The van der Waals surface area contributed by atoms with Crippen molar-refractivity contribution in [3.05, 3.63) is 71.1 Å². The van der Waals surface area contributed by atoms with E-state index in [1.807, 2.05) is 19.1 Å². The lowest BCUT2D eigenvalue weighted by Gasteiger charge is -2.26. The molecule has 1 aromatic carbocycles. The number of aryl methyl sites for hydroxylation is 1. The second-order valence-electron chi connectivity index (χ2n) is 7.70. The number of carbonyl (C=O) groups is 2. The van der Waals surface area contributed by atoms with Gasteiger partial charge in [-0.3, -0.25) is 14.6 Å². The molecule has 1 aliphatic rings. The number of hydrogen-bond donors (Lipinski definition) is 2. The van der Waals surface area contributed by atoms with Crippen LogP contribution in [0, 0.1) is 6.92 Å². The van der Waals surface area contributed by atoms with Crippen molar-refractivity contribution < 1.29 is 19.6 Å². The molecule has 3 rings (SSSR count). The number of ketones is 1. The van der Waals surface area contributed by atoms with E-state index < -0.39 is 17.7 Å². The molecule has 2 aromatic rings. The van der Waals surface area contributed by atoms with Gasteiger partial charge >= 0.3 is 0 Å². The summed E-state index contributed by atoms with van der Waals surface area (Å²) < 4.78 is 0. The second kappa shape index (κ2) is 9.67. The van der Waals surface area contributed by atoms with Gasteiger partial charge in [-0.05, 0) is 38.5 Å². The summed E-state index contributed by atoms with van der Waals surface area (Å²) in [6, 6.07) is 10.3. The van der Waals surface area contributed by atoms with Crippen LogP contribution in [0.2, 0.25) is 0 Å². The minimum Gasteiger partial charge on any atom is -0.507 e. The molecule has 1 atom stereocenters. The number of hydrogen-bond acceptors (Lipinski definition) is 4. The van der Waals surface area contributed by atoms with Crippen molar-refractivity contribution in [1.82, 2.24) is 9.88 Å². The highest BCUT2D eigenvalue weighted by Crippen LogP contribution is 2.39. The maximum Gasteiger partial charge on any atom is 0.295 e. The minimum absolute atomic E-state index is 0.132. The van der Waals surface area contributed by atoms with Crippen molar-refractivity contribution in [1.29, 1.82) is 0 Å². The summed E-state index contributed by atoms with van der Waals surface area (Å²) in [5, 5.41) is 11.0. The second-order valence-corrected chi connectivity index (χ2v) is 7.70. The van der Waals surface area contributed by atoms with Crippen LogP contribution in [0.25, 0.3) is 5.76 Å². The molecule has 0 radical (unpaired) electrons. The number of carbonyl (C=O) groups excluding carboxylic acids is 2. The van der Waals surface area contributed by atoms with E-state index in [-0.39, 0.29) is 11.3 Å². The fourth-order valence-corrected chi connectivity index (χ4v) is 3.97. The number of benzene rings is 1. The highest BCUT2D eigenvalue weighted by molar-refractivity contribution is 6.46. The Morgan fingerprint density at radius 1 is 1.07 bits per heavy atom. The van der Waals surface area contributed by atoms with Crippen LogP contribution in [0.3, 0.4) is 0 Å². The minimum atomic E-state index is -0.634. The predicted octanol–water partition coefficient (Wildman–Crippen LogP) is 2.13. The molecule has 0 aliphatic carbocycles. The average Bonchev–Trinajstić information content (AvgIpc) is 3.02. The lowest BCUT2D eigenvalue weighted by molar-refractivity contribution is -0.896. The third-order valence-corrected chi connectivity index (χ3v) is 5.82. The molecule has 30 heavy (non-hydrogen) atoms. The molecule has 1 aliphatic heterocycles. The Balaban J connectivity index is 1.99. The molecule has 6 heteroatoms. The van der Waals surface area contributed by atoms with Gasteiger partial charge in [0.05, 0.1) is 31.2 Å². The lowest BCUT2D eigenvalue weighted by Crippen LogP contribution is -3.11. The average molecular weight is 409 g/mol. The van der Waals surface area contributed by atoms with Crippen LogP contribution in [-0.2, 0) is 9.59 Å². The van der Waals surface area contributed by atoms with E-state index in [0.717, 1.165) is 37.2 Å². The third kappa shape index (κ3) is 4.44. The first kappa shape index (κ1) is 21.7. The maximum atomic E-state index is 13.0. The summed E-state index contributed by atoms with van der Waals surface area (Å²) >= 11 is 0. The first-order valence-electron chi connectivity index (χ1n) is 10.6. The highest BCUT2D eigenvalue weighted by atomic mass is 16.3. The monoisotopic (exact) mass is 408 g/mol. The van der Waals surface area contributed by atoms with E-state index in [4.69, 9.17) is 0 Å². The Hall–Kier alpha value is -2.99. The zero-order valence-electron chi connectivity index (χ0n) is 17.9. The number of quaternary nitrogens is 1. The summed E-state index contributed by atoms with van der Waals surface area (Å²) in [5.41, 5.74) is 2.50. The number of aliphatic hydroxyl groups excluding tert-OH is 1. The highest BCUT2D eigenvalue weighted by Gasteiger charge is 2.45. The summed E-state index contributed by atoms with van der Waals surface area (Å²) in [4.78, 5) is 33.0. The molecule has 6 nitrogen and oxygen atoms in total. The molecule has 1 amide bonds. The standard InChI is InChI=1S/C24H29N3O3/c1-4-26(5-2)15-6-16-27-21(18-11-13-25-14-12-18)20(23(29)24(27)30)22(28)19-9-7-17(3)8-10-19/h7-14,21,28H,4-6,15-16H2,1-3H3/p+1/t21-/m0/s1. The van der Waals surface area contributed by atoms with E-state index in [1.165, 1.54) is 4.90 Å². The number of rotatable bonds is 8. The molecule has 2 N–H and O–H groups in total. The van der Waals surface area contributed by atoms with Gasteiger partial charge in [0.2, 0.25) is 0 Å². The van der Waals surface area contributed by atoms with E-state index in [1.54, 1.807) is 41.6 Å². The predicted molar refractivity (Wildman–Crippen MR) is 116 cm³/mol. The van der Waals surface area contributed by atoms with Gasteiger partial charge in [-0.1, -0.05) is 29.8 Å². The first-order valence-corrected chi connectivity index (χ1v) is 10.6. The Kier molecular flexibility index (Phi) is 7.00. The van der Waals surface area contributed by atoms with Crippen molar-refractivity contribution in [2.45, 2.75) is 33.2 Å². The third-order valence-electron chi connectivity index (χ3n) is 5.82. The van der Waals surface area contributed by atoms with E-state index in [9.17, 15) is 14.7 Å². The number of aromatic nitrogens is 1. The molecule has 1 fully saturated rings. The molecular formula is C24H30N3O3+. The number of nitrogens with one attached hydrogen (secondary N) is 1. The molecule has 0 saturated carbocycles. The molecule has 0 spiro atoms. The number of amides is 1. The van der Waals surface area contributed by atoms with Gasteiger partial charge in [-0.25, -0.2) is 0 Å². The number of likely N-dealkylation sites (tertiary alicyclic amines) is 1. The summed E-state index contributed by atoms with van der Waals surface area (Å²) in [5.74, 6) is -1.32. The van der Waals surface area contributed by atoms with Gasteiger partial charge in [-0.2, -0.15) is 0 Å². The van der Waals surface area contributed by atoms with Crippen molar-refractivity contribution in [3.8, 4) is 0 Å². The van der Waals surface area contributed by atoms with E-state index in [0.29, 0.717) is 12.1 Å². The summed E-state index contributed by atoms with van der Waals surface area (Å²) in [6.07, 6.45) is 4.07. The fourth-order valence-electron chi connectivity index (χ4n) is 3.97. The Morgan fingerprint density at radius 3 is 2.30 bits per heavy atom. The van der Waals surface area contributed by atoms with Crippen LogP contribution in [0.1, 0.15) is 43.0 Å². The number of pyridine rings is 1. The molecule has 158 valence electrons. The van der Waals surface area contributed by atoms with Crippen molar-refractivity contribution in [2.24, 2.45) is 0 Å². The molecule has 1 saturated heterocycles. The summed E-state index contributed by atoms with van der Waals surface area (Å²) in [6.45, 7) is 9.68. The largest absolute Gasteiger partial charge is 0.507 e. The van der Waals surface area contributed by atoms with Gasteiger partial charge in [-0.15, -0.1) is 0 Å². The van der Waals surface area contributed by atoms with Gasteiger partial charge in [0.1, 0.15) is 5.76 Å². The Labute approximate surface area is 177 Å². The molecule has 0 unspecified atom stereocenters. The van der Waals surface area contributed by atoms with Gasteiger partial charge in [0.25, 0.3) is 11.7 Å². The van der Waals surface area contributed by atoms with Gasteiger partial charge in [0.15, 0.2) is 0 Å². The number of Topliss-reactive ketones (excluding diaryl/α,β-unsaturated/α-hetero) is 1. The van der Waals surface area contributed by atoms with Crippen LogP contribution in [0.4, 0.5) is 0 Å². The van der Waals surface area contributed by atoms with Crippen LogP contribution in [0.15, 0.2) is 54.4 Å². The zero-order valence-corrected chi connectivity index (χ0v) is 17.9. The molecule has 0 bridgehead atoms. The fraction of sp³-hybridized carbons (Fsp3) is 0.375. The van der Waals surface area contributed by atoms with Crippen LogP contribution in [0.5, 0.6) is 0 Å². The van der Waals surface area contributed by atoms with Crippen molar-refractivity contribution >= 4 is 17.4 Å². The first-order chi connectivity index (χ1) is 14.5. The Morgan fingerprint density at radius 2 is 1.70 bits per heavy atom. The quantitative estimate of drug-likeness (QED) is 0.399. The summed E-state index contributed by atoms with van der Waals surface area (Å²) in [7, 11) is 0. The van der Waals surface area contributed by atoms with Crippen LogP contribution in [-0.4, -0.2) is 52.9 Å². The smallest absolute Gasteiger partial charge is 0.295 e. The maximum absolute atomic E-state index is 13.0. The zero-order chi connectivity index (χ0) is 21.7. The van der Waals surface area contributed by atoms with Crippen molar-refractivity contribution in [2.75, 3.05) is 26.2 Å². The topological polar surface area (TPSA) is 74.9 Å². The molecular weight excluding hydrogens is 378 g/mol.